The van der Waals surface area contributed by atoms with Crippen molar-refractivity contribution in [2.45, 2.75) is 33.4 Å². The van der Waals surface area contributed by atoms with Crippen LogP contribution in [0.2, 0.25) is 0 Å². The molecular weight excluding hydrogens is 330 g/mol. The van der Waals surface area contributed by atoms with E-state index in [1.54, 1.807) is 12.1 Å². The van der Waals surface area contributed by atoms with Crippen LogP contribution in [0.5, 0.6) is 11.5 Å². The van der Waals surface area contributed by atoms with Gasteiger partial charge in [0.15, 0.2) is 11.5 Å². The maximum absolute atomic E-state index is 12.5. The molecule has 3 N–H and O–H groups in total. The number of benzene rings is 2. The number of hydrogen-bond donors (Lipinski definition) is 2. The lowest BCUT2D eigenvalue weighted by Crippen LogP contribution is -2.29. The summed E-state index contributed by atoms with van der Waals surface area (Å²) in [4.78, 5) is 14.9. The van der Waals surface area contributed by atoms with E-state index < -0.39 is 0 Å². The number of rotatable bonds is 6. The summed E-state index contributed by atoms with van der Waals surface area (Å²) < 4.78 is 10.6. The van der Waals surface area contributed by atoms with Crippen LogP contribution in [-0.2, 0) is 6.54 Å². The quantitative estimate of drug-likeness (QED) is 0.776. The molecule has 26 heavy (non-hydrogen) atoms. The normalized spacial score (nSPS) is 12.7. The van der Waals surface area contributed by atoms with Gasteiger partial charge < -0.3 is 20.5 Å². The number of nitrogens with two attached hydrogens (primary N) is 1. The Balaban J connectivity index is 1.69. The lowest BCUT2D eigenvalue weighted by atomic mass is 10.1. The van der Waals surface area contributed by atoms with E-state index in [0.717, 1.165) is 13.1 Å². The van der Waals surface area contributed by atoms with E-state index in [-0.39, 0.29) is 12.7 Å². The highest BCUT2D eigenvalue weighted by molar-refractivity contribution is 6.06. The van der Waals surface area contributed by atoms with E-state index in [2.05, 4.69) is 31.0 Å². The molecule has 6 nitrogen and oxygen atoms in total. The summed E-state index contributed by atoms with van der Waals surface area (Å²) in [5, 5.41) is 2.84. The number of ether oxygens (including phenoxy) is 2. The van der Waals surface area contributed by atoms with Gasteiger partial charge in [-0.3, -0.25) is 9.69 Å². The molecule has 2 aromatic rings. The van der Waals surface area contributed by atoms with Gasteiger partial charge in [-0.25, -0.2) is 0 Å². The molecule has 6 heteroatoms. The Morgan fingerprint density at radius 2 is 1.85 bits per heavy atom. The highest BCUT2D eigenvalue weighted by atomic mass is 16.7. The van der Waals surface area contributed by atoms with Crippen LogP contribution in [0.3, 0.4) is 0 Å². The fourth-order valence-electron chi connectivity index (χ4n) is 2.92. The number of amides is 1. The fraction of sp³-hybridized carbons (Fsp3) is 0.350. The molecule has 1 heterocycles. The summed E-state index contributed by atoms with van der Waals surface area (Å²) in [6, 6.07) is 11.5. The Bertz CT molecular complexity index is 788. The van der Waals surface area contributed by atoms with Crippen LogP contribution >= 0.6 is 0 Å². The second-order valence-corrected chi connectivity index (χ2v) is 6.60. The Labute approximate surface area is 153 Å². The van der Waals surface area contributed by atoms with Crippen molar-refractivity contribution in [2.24, 2.45) is 0 Å². The van der Waals surface area contributed by atoms with Crippen molar-refractivity contribution in [1.82, 2.24) is 4.90 Å². The number of hydrogen-bond acceptors (Lipinski definition) is 5. The Morgan fingerprint density at radius 3 is 2.46 bits per heavy atom. The van der Waals surface area contributed by atoms with Crippen LogP contribution in [0.15, 0.2) is 36.4 Å². The van der Waals surface area contributed by atoms with Crippen molar-refractivity contribution in [2.75, 3.05) is 24.4 Å². The van der Waals surface area contributed by atoms with Crippen molar-refractivity contribution in [3.05, 3.63) is 47.5 Å². The van der Waals surface area contributed by atoms with E-state index in [1.807, 2.05) is 24.3 Å². The lowest BCUT2D eigenvalue weighted by Gasteiger charge is -2.24. The summed E-state index contributed by atoms with van der Waals surface area (Å²) in [6.45, 7) is 8.53. The van der Waals surface area contributed by atoms with Crippen molar-refractivity contribution in [3.63, 3.8) is 0 Å². The fourth-order valence-corrected chi connectivity index (χ4v) is 2.92. The highest BCUT2D eigenvalue weighted by Gasteiger charge is 2.18. The van der Waals surface area contributed by atoms with Gasteiger partial charge in [0, 0.05) is 30.3 Å². The predicted octanol–water partition coefficient (Wildman–Crippen LogP) is 3.48. The minimum Gasteiger partial charge on any atom is -0.454 e. The third kappa shape index (κ3) is 3.91. The van der Waals surface area contributed by atoms with Crippen molar-refractivity contribution in [3.8, 4) is 11.5 Å². The first-order valence-electron chi connectivity index (χ1n) is 8.81. The molecule has 0 aliphatic carbocycles. The minimum atomic E-state index is -0.210. The van der Waals surface area contributed by atoms with E-state index in [4.69, 9.17) is 15.2 Å². The number of nitrogens with one attached hydrogen (secondary N) is 1. The molecule has 2 aromatic carbocycles. The summed E-state index contributed by atoms with van der Waals surface area (Å²) in [6.07, 6.45) is 0. The van der Waals surface area contributed by atoms with E-state index >= 15 is 0 Å². The number of carbonyl (C=O) groups excluding carboxylic acids is 1. The van der Waals surface area contributed by atoms with E-state index in [1.165, 1.54) is 5.56 Å². The highest BCUT2D eigenvalue weighted by Crippen LogP contribution is 2.38. The van der Waals surface area contributed by atoms with Crippen LogP contribution in [0.4, 0.5) is 11.4 Å². The molecule has 0 saturated heterocycles. The molecular formula is C20H25N3O3. The summed E-state index contributed by atoms with van der Waals surface area (Å²) in [5.74, 6) is 0.965. The number of carbonyl (C=O) groups is 1. The van der Waals surface area contributed by atoms with Crippen LogP contribution in [-0.4, -0.2) is 30.2 Å². The summed E-state index contributed by atoms with van der Waals surface area (Å²) >= 11 is 0. The van der Waals surface area contributed by atoms with Gasteiger partial charge in [0.25, 0.3) is 5.91 Å². The van der Waals surface area contributed by atoms with Crippen LogP contribution in [0, 0.1) is 0 Å². The SMILES string of the molecule is CCN(Cc1ccc(C(=O)Nc2cc3c(cc2N)OCO3)cc1)C(C)C. The molecule has 3 rings (SSSR count). The van der Waals surface area contributed by atoms with Gasteiger partial charge in [0.1, 0.15) is 0 Å². The van der Waals surface area contributed by atoms with Crippen LogP contribution in [0.1, 0.15) is 36.7 Å². The maximum atomic E-state index is 12.5. The molecule has 0 atom stereocenters. The molecule has 1 aliphatic heterocycles. The third-order valence-corrected chi connectivity index (χ3v) is 4.53. The largest absolute Gasteiger partial charge is 0.454 e. The minimum absolute atomic E-state index is 0.165. The molecule has 1 amide bonds. The zero-order valence-electron chi connectivity index (χ0n) is 15.4. The predicted molar refractivity (Wildman–Crippen MR) is 103 cm³/mol. The standard InChI is InChI=1S/C20H25N3O3/c1-4-23(13(2)3)11-14-5-7-15(8-6-14)20(24)22-17-10-19-18(9-16(17)21)25-12-26-19/h5-10,13H,4,11-12,21H2,1-3H3,(H,22,24). The van der Waals surface area contributed by atoms with Crippen molar-refractivity contribution >= 4 is 17.3 Å². The molecule has 1 aliphatic rings. The first kappa shape index (κ1) is 18.1. The van der Waals surface area contributed by atoms with Gasteiger partial charge in [0.05, 0.1) is 11.4 Å². The Morgan fingerprint density at radius 1 is 1.19 bits per heavy atom. The number of nitrogens with zero attached hydrogens (tertiary/aromatic N) is 1. The second kappa shape index (κ2) is 7.66. The summed E-state index contributed by atoms with van der Waals surface area (Å²) in [7, 11) is 0. The monoisotopic (exact) mass is 355 g/mol. The Hall–Kier alpha value is -2.73. The maximum Gasteiger partial charge on any atom is 0.255 e. The lowest BCUT2D eigenvalue weighted by molar-refractivity contribution is 0.102. The van der Waals surface area contributed by atoms with Crippen LogP contribution < -0.4 is 20.5 Å². The number of anilines is 2. The zero-order valence-corrected chi connectivity index (χ0v) is 15.4. The molecule has 0 aromatic heterocycles. The number of fused-ring (bicyclic) bond motifs is 1. The number of nitrogen functional groups attached to an aromatic ring is 1. The van der Waals surface area contributed by atoms with Gasteiger partial charge in [-0.2, -0.15) is 0 Å². The zero-order chi connectivity index (χ0) is 18.7. The first-order chi connectivity index (χ1) is 12.5. The van der Waals surface area contributed by atoms with E-state index in [0.29, 0.717) is 34.5 Å². The van der Waals surface area contributed by atoms with Gasteiger partial charge in [0.2, 0.25) is 6.79 Å². The molecule has 0 bridgehead atoms. The smallest absolute Gasteiger partial charge is 0.255 e. The average molecular weight is 355 g/mol. The molecule has 0 fully saturated rings. The molecule has 138 valence electrons. The van der Waals surface area contributed by atoms with Gasteiger partial charge in [-0.1, -0.05) is 19.1 Å². The van der Waals surface area contributed by atoms with E-state index in [9.17, 15) is 4.79 Å². The van der Waals surface area contributed by atoms with Gasteiger partial charge >= 0.3 is 0 Å². The average Bonchev–Trinajstić information content (AvgIpc) is 3.07. The second-order valence-electron chi connectivity index (χ2n) is 6.60. The Kier molecular flexibility index (Phi) is 5.32. The first-order valence-corrected chi connectivity index (χ1v) is 8.81. The third-order valence-electron chi connectivity index (χ3n) is 4.53. The van der Waals surface area contributed by atoms with Crippen LogP contribution in [0.25, 0.3) is 0 Å². The summed E-state index contributed by atoms with van der Waals surface area (Å²) in [5.41, 5.74) is 8.70. The molecule has 0 spiro atoms. The molecule has 0 unspecified atom stereocenters. The van der Waals surface area contributed by atoms with Gasteiger partial charge in [-0.05, 0) is 38.1 Å². The molecule has 0 saturated carbocycles. The van der Waals surface area contributed by atoms with Crippen molar-refractivity contribution < 1.29 is 14.3 Å². The topological polar surface area (TPSA) is 76.8 Å². The van der Waals surface area contributed by atoms with Gasteiger partial charge in [-0.15, -0.1) is 0 Å². The van der Waals surface area contributed by atoms with Crippen molar-refractivity contribution in [1.29, 1.82) is 0 Å². The molecule has 0 radical (unpaired) electrons.